The van der Waals surface area contributed by atoms with Gasteiger partial charge in [-0.15, -0.1) is 0 Å². The average Bonchev–Trinajstić information content (AvgIpc) is 0.784. The molecule has 25 nitrogen and oxygen atoms in total. The number of hydrogen-bond donors (Lipinski definition) is 1. The van der Waals surface area contributed by atoms with Crippen molar-refractivity contribution in [2.75, 3.05) is 252 Å². The van der Waals surface area contributed by atoms with E-state index < -0.39 is 5.43 Å². The summed E-state index contributed by atoms with van der Waals surface area (Å²) < 4.78 is 28.0. The summed E-state index contributed by atoms with van der Waals surface area (Å²) in [6.07, 6.45) is 3.45. The van der Waals surface area contributed by atoms with Gasteiger partial charge in [-0.2, -0.15) is 0 Å². The summed E-state index contributed by atoms with van der Waals surface area (Å²) in [5.41, 5.74) is 0.845. The molecule has 108 heavy (non-hydrogen) atoms. The van der Waals surface area contributed by atoms with E-state index in [0.29, 0.717) is 155 Å². The van der Waals surface area contributed by atoms with Gasteiger partial charge in [-0.05, 0) is 114 Å². The molecule has 618 valence electrons. The van der Waals surface area contributed by atoms with Crippen molar-refractivity contribution in [2.24, 2.45) is 0 Å². The number of hydrogen-bond acceptors (Lipinski definition) is 25. The first-order valence-electron chi connectivity index (χ1n) is 39.2. The maximum absolute atomic E-state index is 11.8. The van der Waals surface area contributed by atoms with Crippen LogP contribution in [0, 0.1) is 0 Å². The summed E-state index contributed by atoms with van der Waals surface area (Å²) in [7, 11) is 15.5. The minimum absolute atomic E-state index is 0.291. The van der Waals surface area contributed by atoms with Crippen molar-refractivity contribution >= 4 is 28.4 Å². The number of ether oxygens (including phenoxy) is 5. The van der Waals surface area contributed by atoms with Gasteiger partial charge in [-0.3, -0.25) is 47.9 Å². The van der Waals surface area contributed by atoms with Crippen LogP contribution in [0.5, 0.6) is 0 Å². The maximum atomic E-state index is 11.8. The van der Waals surface area contributed by atoms with Crippen molar-refractivity contribution in [2.45, 2.75) is 192 Å². The molecule has 0 aromatic heterocycles. The zero-order valence-corrected chi connectivity index (χ0v) is 72.7. The van der Waals surface area contributed by atoms with E-state index in [2.05, 4.69) is 85.5 Å². The van der Waals surface area contributed by atoms with Crippen molar-refractivity contribution in [1.82, 2.24) is 24.5 Å². The molecule has 0 aliphatic carbocycles. The Morgan fingerprint density at radius 1 is 0.259 bits per heavy atom. The Labute approximate surface area is 647 Å². The van der Waals surface area contributed by atoms with Crippen LogP contribution < -0.4 is 79.2 Å². The maximum Gasteiger partial charge on any atom is 0.249 e. The largest absolute Gasteiger partial charge is 0.379 e. The van der Waals surface area contributed by atoms with Crippen LogP contribution in [0.4, 0.5) is 28.4 Å². The van der Waals surface area contributed by atoms with Gasteiger partial charge in [-0.1, -0.05) is 145 Å². The lowest BCUT2D eigenvalue weighted by molar-refractivity contribution is 0.111. The molecule has 0 radical (unpaired) electrons. The lowest BCUT2D eigenvalue weighted by atomic mass is 9.82. The van der Waals surface area contributed by atoms with Crippen molar-refractivity contribution in [1.29, 1.82) is 0 Å². The first kappa shape index (κ1) is 100. The van der Waals surface area contributed by atoms with Gasteiger partial charge in [0, 0.05) is 121 Å². The quantitative estimate of drug-likeness (QED) is 0.0324. The summed E-state index contributed by atoms with van der Waals surface area (Å²) in [6.45, 7) is 62.3. The molecule has 25 heteroatoms. The summed E-state index contributed by atoms with van der Waals surface area (Å²) in [5, 5.41) is 3.07. The topological polar surface area (TPSA) is 258 Å². The van der Waals surface area contributed by atoms with Crippen molar-refractivity contribution in [3.63, 3.8) is 0 Å². The molecule has 5 rings (SSSR count). The third-order valence-electron chi connectivity index (χ3n) is 18.7. The standard InChI is InChI=1S/C18H32N2O3.2C17H30N2O3.C16H28N2O3.C15H26N2O3/c1-6-9-20(10-7-2)11-13-23-12-8-19-15-14(18(3,4)5)16(21)17(15)22;1-7-8-18(5)9-11-22-12-10-19(6)14-13(17(2,3)4)15(20)16(14)21;1-7-19(8-2)10-12-22-11-9-18(6)14-13(17(3,4)5)15(20)16(14)21;1-7-17(5)8-10-21-11-9-18(6)13-12(16(2,3)4)14(19)15(13)20;1-15(2,3)11-12(14(19)13(11)18)17(6)8-10-20-9-7-16(4)5/h19H,6-13H2,1-5H3;2*7-12H2,1-6H3;7-11H2,1-6H3;7-10H2,1-6H3. The molecule has 5 aromatic carbocycles. The van der Waals surface area contributed by atoms with E-state index >= 15 is 0 Å². The zero-order valence-electron chi connectivity index (χ0n) is 72.7. The Balaban J connectivity index is 0.000000675. The Morgan fingerprint density at radius 2 is 0.519 bits per heavy atom. The van der Waals surface area contributed by atoms with Gasteiger partial charge < -0.3 is 73.1 Å². The lowest BCUT2D eigenvalue weighted by Gasteiger charge is -2.29. The second-order valence-electron chi connectivity index (χ2n) is 33.7. The van der Waals surface area contributed by atoms with E-state index in [-0.39, 0.29) is 75.9 Å². The van der Waals surface area contributed by atoms with Crippen molar-refractivity contribution < 1.29 is 23.7 Å². The highest BCUT2D eigenvalue weighted by Crippen LogP contribution is 2.31. The highest BCUT2D eigenvalue weighted by atomic mass is 16.5. The number of nitrogens with zero attached hydrogens (tertiary/aromatic N) is 9. The number of likely N-dealkylation sites (N-methyl/N-ethyl adjacent to an activating group) is 8. The fourth-order valence-electron chi connectivity index (χ4n) is 12.3. The molecule has 0 fully saturated rings. The summed E-state index contributed by atoms with van der Waals surface area (Å²) >= 11 is 0. The van der Waals surface area contributed by atoms with Crippen LogP contribution >= 0.6 is 0 Å². The molecule has 0 aliphatic heterocycles. The Morgan fingerprint density at radius 3 is 0.796 bits per heavy atom. The Hall–Kier alpha value is -6.00. The third kappa shape index (κ3) is 31.6. The summed E-state index contributed by atoms with van der Waals surface area (Å²) in [5.74, 6) is 0. The van der Waals surface area contributed by atoms with Crippen LogP contribution in [0.2, 0.25) is 0 Å². The van der Waals surface area contributed by atoms with Gasteiger partial charge in [0.2, 0.25) is 54.3 Å². The number of rotatable bonds is 44. The molecule has 5 aromatic rings. The predicted molar refractivity (Wildman–Crippen MR) is 450 cm³/mol. The molecule has 0 atom stereocenters. The van der Waals surface area contributed by atoms with E-state index in [0.717, 1.165) is 91.3 Å². The molecule has 0 saturated carbocycles. The molecule has 0 unspecified atom stereocenters. The van der Waals surface area contributed by atoms with Gasteiger partial charge >= 0.3 is 0 Å². The van der Waals surface area contributed by atoms with Crippen LogP contribution in [0.15, 0.2) is 47.9 Å². The molecular weight excluding hydrogens is 1380 g/mol. The Kier molecular flexibility index (Phi) is 43.9. The first-order valence-corrected chi connectivity index (χ1v) is 39.2. The van der Waals surface area contributed by atoms with Gasteiger partial charge in [0.05, 0.1) is 94.5 Å². The minimum atomic E-state index is -0.396. The molecule has 0 heterocycles. The molecule has 0 spiro atoms. The number of anilines is 5. The zero-order chi connectivity index (χ0) is 83.0. The normalized spacial score (nSPS) is 12.3. The highest BCUT2D eigenvalue weighted by Gasteiger charge is 2.36. The predicted octanol–water partition coefficient (Wildman–Crippen LogP) is 6.46. The second-order valence-corrected chi connectivity index (χ2v) is 33.7. The minimum Gasteiger partial charge on any atom is -0.379 e. The van der Waals surface area contributed by atoms with E-state index in [1.165, 1.54) is 0 Å². The smallest absolute Gasteiger partial charge is 0.249 e. The third-order valence-corrected chi connectivity index (χ3v) is 18.7. The van der Waals surface area contributed by atoms with Gasteiger partial charge in [0.1, 0.15) is 0 Å². The van der Waals surface area contributed by atoms with E-state index in [4.69, 9.17) is 23.7 Å². The van der Waals surface area contributed by atoms with Crippen LogP contribution in [0.3, 0.4) is 0 Å². The molecular formula is C83H146N10O15. The molecule has 0 saturated heterocycles. The van der Waals surface area contributed by atoms with Gasteiger partial charge in [-0.25, -0.2) is 0 Å². The fourth-order valence-corrected chi connectivity index (χ4v) is 12.3. The van der Waals surface area contributed by atoms with E-state index in [9.17, 15) is 47.9 Å². The second kappa shape index (κ2) is 47.4. The van der Waals surface area contributed by atoms with Crippen molar-refractivity contribution in [3.05, 3.63) is 130 Å². The van der Waals surface area contributed by atoms with Gasteiger partial charge in [0.25, 0.3) is 0 Å². The monoisotopic (exact) mass is 1520 g/mol. The van der Waals surface area contributed by atoms with Crippen LogP contribution in [0.1, 0.15) is 192 Å². The summed E-state index contributed by atoms with van der Waals surface area (Å²) in [4.78, 5) is 136. The van der Waals surface area contributed by atoms with Crippen LogP contribution in [0.25, 0.3) is 0 Å². The van der Waals surface area contributed by atoms with Gasteiger partial charge in [0.15, 0.2) is 0 Å². The number of nitrogens with one attached hydrogen (secondary N) is 1. The fraction of sp³-hybridized carbons (Fsp3) is 0.759. The molecule has 1 N–H and O–H groups in total. The lowest BCUT2D eigenvalue weighted by Crippen LogP contribution is -2.47. The van der Waals surface area contributed by atoms with Crippen molar-refractivity contribution in [3.8, 4) is 0 Å². The van der Waals surface area contributed by atoms with Crippen LogP contribution in [-0.2, 0) is 50.8 Å². The molecule has 0 aliphatic rings. The van der Waals surface area contributed by atoms with E-state index in [1.807, 2.05) is 166 Å². The molecule has 0 amide bonds. The van der Waals surface area contributed by atoms with Crippen LogP contribution in [-0.4, -0.2) is 252 Å². The summed E-state index contributed by atoms with van der Waals surface area (Å²) in [6, 6.07) is 0. The average molecular weight is 1520 g/mol. The highest BCUT2D eigenvalue weighted by molar-refractivity contribution is 5.64. The molecule has 0 bridgehead atoms. The SMILES string of the molecule is CCCN(C)CCOCCN(C)c1c(C(C)(C)C)c(=O)c1=O.CCCN(CCC)CCOCCNc1c(C(C)(C)C)c(=O)c1=O.CCN(C)CCOCCN(C)c1c(C(C)(C)C)c(=O)c1=O.CCN(CC)CCOCCN(C)c1c(C(C)(C)C)c(=O)c1=O.CN(C)CCOCCN(C)c1c(C(C)(C)C)c(=O)c1=O. The first-order chi connectivity index (χ1) is 50.1. The van der Waals surface area contributed by atoms with E-state index in [1.54, 1.807) is 0 Å². The Bertz CT molecular complexity index is 3770.